The summed E-state index contributed by atoms with van der Waals surface area (Å²) in [6.07, 6.45) is 0. The highest BCUT2D eigenvalue weighted by atomic mass is 79.9. The Labute approximate surface area is 152 Å². The first-order valence-electron chi connectivity index (χ1n) is 7.55. The van der Waals surface area contributed by atoms with Gasteiger partial charge in [0, 0.05) is 16.6 Å². The Morgan fingerprint density at radius 1 is 1.12 bits per heavy atom. The van der Waals surface area contributed by atoms with E-state index in [9.17, 15) is 14.4 Å². The molecule has 3 rings (SSSR count). The number of carbonyl (C=O) groups is 3. The zero-order valence-electron chi connectivity index (χ0n) is 13.4. The highest BCUT2D eigenvalue weighted by molar-refractivity contribution is 9.10. The number of methoxy groups -OCH3 is 1. The number of nitrogens with zero attached hydrogens (tertiary/aromatic N) is 1. The molecule has 1 aliphatic rings. The van der Waals surface area contributed by atoms with E-state index in [1.54, 1.807) is 31.4 Å². The number of fused-ring (bicyclic) bond motifs is 1. The largest absolute Gasteiger partial charge is 0.496 e. The second-order valence-electron chi connectivity index (χ2n) is 5.47. The minimum Gasteiger partial charge on any atom is -0.496 e. The Bertz CT molecular complexity index is 866. The van der Waals surface area contributed by atoms with E-state index in [-0.39, 0.29) is 13.1 Å². The molecule has 1 heterocycles. The van der Waals surface area contributed by atoms with Gasteiger partial charge in [0.05, 0.1) is 18.2 Å². The average molecular weight is 403 g/mol. The summed E-state index contributed by atoms with van der Waals surface area (Å²) in [6.45, 7) is -0.0727. The van der Waals surface area contributed by atoms with Gasteiger partial charge in [0.25, 0.3) is 11.8 Å². The molecule has 0 aromatic heterocycles. The number of imide groups is 1. The van der Waals surface area contributed by atoms with Gasteiger partial charge < -0.3 is 10.1 Å². The van der Waals surface area contributed by atoms with Crippen molar-refractivity contribution in [3.8, 4) is 5.75 Å². The smallest absolute Gasteiger partial charge is 0.262 e. The van der Waals surface area contributed by atoms with E-state index >= 15 is 0 Å². The fraction of sp³-hybridized carbons (Fsp3) is 0.167. The molecule has 1 aliphatic heterocycles. The molecule has 7 heteroatoms. The maximum absolute atomic E-state index is 12.4. The molecular weight excluding hydrogens is 388 g/mol. The lowest BCUT2D eigenvalue weighted by Gasteiger charge is -2.14. The molecule has 0 saturated carbocycles. The number of nitrogens with one attached hydrogen (secondary N) is 1. The number of benzene rings is 2. The first-order valence-corrected chi connectivity index (χ1v) is 8.35. The van der Waals surface area contributed by atoms with Crippen molar-refractivity contribution in [3.05, 3.63) is 63.6 Å². The minimum absolute atomic E-state index is 0.248. The normalized spacial score (nSPS) is 13.0. The van der Waals surface area contributed by atoms with E-state index in [0.717, 1.165) is 10.5 Å². The second kappa shape index (κ2) is 7.06. The predicted octanol–water partition coefficient (Wildman–Crippen LogP) is 2.37. The first kappa shape index (κ1) is 17.2. The van der Waals surface area contributed by atoms with Crippen molar-refractivity contribution in [1.29, 1.82) is 0 Å². The molecule has 2 aromatic rings. The van der Waals surface area contributed by atoms with Crippen LogP contribution in [0.2, 0.25) is 0 Å². The van der Waals surface area contributed by atoms with Gasteiger partial charge in [-0.1, -0.05) is 34.1 Å². The van der Waals surface area contributed by atoms with Crippen LogP contribution in [0.3, 0.4) is 0 Å². The number of hydrogen-bond donors (Lipinski definition) is 1. The number of ether oxygens (including phenoxy) is 1. The molecule has 0 radical (unpaired) electrons. The molecule has 128 valence electrons. The molecule has 0 saturated heterocycles. The highest BCUT2D eigenvalue weighted by Crippen LogP contribution is 2.25. The summed E-state index contributed by atoms with van der Waals surface area (Å²) in [5.74, 6) is -0.679. The quantitative estimate of drug-likeness (QED) is 0.778. The summed E-state index contributed by atoms with van der Waals surface area (Å²) in [5.41, 5.74) is 1.42. The van der Waals surface area contributed by atoms with Crippen LogP contribution in [0.1, 0.15) is 26.3 Å². The van der Waals surface area contributed by atoms with E-state index in [1.165, 1.54) is 0 Å². The van der Waals surface area contributed by atoms with Crippen molar-refractivity contribution in [1.82, 2.24) is 10.2 Å². The molecule has 1 N–H and O–H groups in total. The summed E-state index contributed by atoms with van der Waals surface area (Å²) in [4.78, 5) is 37.8. The van der Waals surface area contributed by atoms with E-state index in [4.69, 9.17) is 4.74 Å². The van der Waals surface area contributed by atoms with Crippen LogP contribution in [0.15, 0.2) is 46.9 Å². The summed E-state index contributed by atoms with van der Waals surface area (Å²) in [7, 11) is 1.55. The molecule has 25 heavy (non-hydrogen) atoms. The third kappa shape index (κ3) is 3.41. The van der Waals surface area contributed by atoms with Crippen LogP contribution in [0.25, 0.3) is 0 Å². The van der Waals surface area contributed by atoms with Gasteiger partial charge in [-0.15, -0.1) is 0 Å². The van der Waals surface area contributed by atoms with Gasteiger partial charge >= 0.3 is 0 Å². The van der Waals surface area contributed by atoms with Crippen molar-refractivity contribution in [2.45, 2.75) is 6.54 Å². The molecular formula is C18H15BrN2O4. The molecule has 0 unspecified atom stereocenters. The topological polar surface area (TPSA) is 75.7 Å². The molecule has 0 spiro atoms. The van der Waals surface area contributed by atoms with Crippen molar-refractivity contribution in [2.75, 3.05) is 13.7 Å². The molecule has 0 fully saturated rings. The van der Waals surface area contributed by atoms with Gasteiger partial charge in [-0.2, -0.15) is 0 Å². The fourth-order valence-corrected chi connectivity index (χ4v) is 3.01. The van der Waals surface area contributed by atoms with Gasteiger partial charge in [0.1, 0.15) is 12.3 Å². The molecule has 3 amide bonds. The van der Waals surface area contributed by atoms with E-state index in [1.807, 2.05) is 18.2 Å². The monoisotopic (exact) mass is 402 g/mol. The number of hydrogen-bond acceptors (Lipinski definition) is 4. The molecule has 0 bridgehead atoms. The van der Waals surface area contributed by atoms with Gasteiger partial charge in [0.15, 0.2) is 0 Å². The highest BCUT2D eigenvalue weighted by Gasteiger charge is 2.36. The number of amides is 3. The Morgan fingerprint density at radius 2 is 1.84 bits per heavy atom. The molecule has 2 aromatic carbocycles. The standard InChI is InChI=1S/C18H15BrN2O4/c1-25-15-5-3-2-4-11(15)9-20-16(22)10-21-17(23)13-7-6-12(19)8-14(13)18(21)24/h2-8H,9-10H2,1H3,(H,20,22). The summed E-state index contributed by atoms with van der Waals surface area (Å²) in [5, 5.41) is 2.71. The van der Waals surface area contributed by atoms with E-state index < -0.39 is 17.7 Å². The van der Waals surface area contributed by atoms with Crippen molar-refractivity contribution >= 4 is 33.7 Å². The SMILES string of the molecule is COc1ccccc1CNC(=O)CN1C(=O)c2ccc(Br)cc2C1=O. The first-order chi connectivity index (χ1) is 12.0. The Morgan fingerprint density at radius 3 is 2.60 bits per heavy atom. The number of rotatable bonds is 5. The third-order valence-corrected chi connectivity index (χ3v) is 4.40. The van der Waals surface area contributed by atoms with E-state index in [0.29, 0.717) is 21.3 Å². The van der Waals surface area contributed by atoms with E-state index in [2.05, 4.69) is 21.2 Å². The molecule has 0 atom stereocenters. The minimum atomic E-state index is -0.464. The van der Waals surface area contributed by atoms with Crippen molar-refractivity contribution in [2.24, 2.45) is 0 Å². The van der Waals surface area contributed by atoms with Crippen molar-refractivity contribution < 1.29 is 19.1 Å². The summed E-state index contributed by atoms with van der Waals surface area (Å²) >= 11 is 3.27. The third-order valence-electron chi connectivity index (χ3n) is 3.90. The van der Waals surface area contributed by atoms with Crippen LogP contribution in [-0.2, 0) is 11.3 Å². The average Bonchev–Trinajstić information content (AvgIpc) is 2.84. The summed E-state index contributed by atoms with van der Waals surface area (Å²) < 4.78 is 5.93. The van der Waals surface area contributed by atoms with Gasteiger partial charge in [-0.25, -0.2) is 0 Å². The van der Waals surface area contributed by atoms with Crippen LogP contribution >= 0.6 is 15.9 Å². The lowest BCUT2D eigenvalue weighted by atomic mass is 10.1. The van der Waals surface area contributed by atoms with Crippen LogP contribution in [0, 0.1) is 0 Å². The van der Waals surface area contributed by atoms with Crippen LogP contribution in [0.5, 0.6) is 5.75 Å². The number of para-hydroxylation sites is 1. The van der Waals surface area contributed by atoms with Gasteiger partial charge in [-0.3, -0.25) is 19.3 Å². The Balaban J connectivity index is 1.66. The molecule has 6 nitrogen and oxygen atoms in total. The number of carbonyl (C=O) groups excluding carboxylic acids is 3. The van der Waals surface area contributed by atoms with Gasteiger partial charge in [-0.05, 0) is 24.3 Å². The predicted molar refractivity (Wildman–Crippen MR) is 94.3 cm³/mol. The molecule has 0 aliphatic carbocycles. The summed E-state index contributed by atoms with van der Waals surface area (Å²) in [6, 6.07) is 12.2. The van der Waals surface area contributed by atoms with Crippen LogP contribution in [0.4, 0.5) is 0 Å². The lowest BCUT2D eigenvalue weighted by Crippen LogP contribution is -2.40. The fourth-order valence-electron chi connectivity index (χ4n) is 2.65. The zero-order chi connectivity index (χ0) is 18.0. The maximum atomic E-state index is 12.4. The maximum Gasteiger partial charge on any atom is 0.262 e. The van der Waals surface area contributed by atoms with Crippen LogP contribution < -0.4 is 10.1 Å². The second-order valence-corrected chi connectivity index (χ2v) is 6.39. The lowest BCUT2D eigenvalue weighted by molar-refractivity contribution is -0.121. The Hall–Kier alpha value is -2.67. The van der Waals surface area contributed by atoms with Crippen molar-refractivity contribution in [3.63, 3.8) is 0 Å². The van der Waals surface area contributed by atoms with Crippen LogP contribution in [-0.4, -0.2) is 36.3 Å². The van der Waals surface area contributed by atoms with Gasteiger partial charge in [0.2, 0.25) is 5.91 Å². The number of halogens is 1. The zero-order valence-corrected chi connectivity index (χ0v) is 15.0. The Kier molecular flexibility index (Phi) is 4.85.